The number of aliphatic hydroxyl groups is 1. The Kier molecular flexibility index (Phi) is 3.59. The summed E-state index contributed by atoms with van der Waals surface area (Å²) < 4.78 is 1.40. The second kappa shape index (κ2) is 5.03. The molecule has 0 aliphatic rings. The van der Waals surface area contributed by atoms with Crippen LogP contribution in [0.1, 0.15) is 16.1 Å². The summed E-state index contributed by atoms with van der Waals surface area (Å²) in [5.41, 5.74) is 0.109. The lowest BCUT2D eigenvalue weighted by atomic mass is 10.1. The summed E-state index contributed by atoms with van der Waals surface area (Å²) in [7, 11) is 0. The quantitative estimate of drug-likeness (QED) is 0.896. The zero-order chi connectivity index (χ0) is 14.2. The highest BCUT2D eigenvalue weighted by atomic mass is 35.5. The van der Waals surface area contributed by atoms with Gasteiger partial charge in [0.2, 0.25) is 0 Å². The monoisotopic (exact) mass is 281 g/mol. The highest BCUT2D eigenvalue weighted by Gasteiger charge is 2.19. The zero-order valence-corrected chi connectivity index (χ0v) is 10.9. The van der Waals surface area contributed by atoms with Crippen LogP contribution < -0.4 is 5.43 Å². The number of halogens is 1. The minimum atomic E-state index is -1.20. The van der Waals surface area contributed by atoms with Crippen molar-refractivity contribution in [1.29, 1.82) is 0 Å². The molecule has 0 aliphatic heterocycles. The van der Waals surface area contributed by atoms with E-state index in [4.69, 9.17) is 16.7 Å². The summed E-state index contributed by atoms with van der Waals surface area (Å²) in [6, 6.07) is 4.67. The summed E-state index contributed by atoms with van der Waals surface area (Å²) in [6.45, 7) is 1.32. The van der Waals surface area contributed by atoms with E-state index in [0.29, 0.717) is 15.9 Å². The minimum absolute atomic E-state index is 0.0829. The van der Waals surface area contributed by atoms with Crippen molar-refractivity contribution in [2.45, 2.75) is 13.5 Å². The summed E-state index contributed by atoms with van der Waals surface area (Å²) in [5, 5.41) is 19.1. The number of fused-ring (bicyclic) bond motifs is 1. The molecule has 0 radical (unpaired) electrons. The molecule has 100 valence electrons. The second-order valence-corrected chi connectivity index (χ2v) is 4.58. The molecule has 2 N–H and O–H groups in total. The molecule has 0 bridgehead atoms. The zero-order valence-electron chi connectivity index (χ0n) is 10.2. The Labute approximate surface area is 113 Å². The topological polar surface area (TPSA) is 79.5 Å². The first kappa shape index (κ1) is 13.6. The van der Waals surface area contributed by atoms with Crippen molar-refractivity contribution >= 4 is 28.5 Å². The van der Waals surface area contributed by atoms with Gasteiger partial charge in [-0.1, -0.05) is 11.6 Å². The lowest BCUT2D eigenvalue weighted by Crippen LogP contribution is -2.23. The predicted molar refractivity (Wildman–Crippen MR) is 72.0 cm³/mol. The van der Waals surface area contributed by atoms with Crippen LogP contribution in [0.25, 0.3) is 10.9 Å². The van der Waals surface area contributed by atoms with Crippen molar-refractivity contribution in [3.8, 4) is 0 Å². The minimum Gasteiger partial charge on any atom is -0.477 e. The molecule has 0 fully saturated rings. The number of carboxylic acids is 1. The van der Waals surface area contributed by atoms with E-state index in [1.165, 1.54) is 17.6 Å². The Balaban J connectivity index is 3.01. The van der Waals surface area contributed by atoms with Gasteiger partial charge < -0.3 is 14.8 Å². The molecule has 0 aliphatic carbocycles. The van der Waals surface area contributed by atoms with Crippen molar-refractivity contribution in [2.24, 2.45) is 0 Å². The first-order valence-electron chi connectivity index (χ1n) is 5.64. The number of carboxylic acid groups (broad SMARTS) is 1. The average molecular weight is 282 g/mol. The van der Waals surface area contributed by atoms with Gasteiger partial charge in [-0.2, -0.15) is 0 Å². The van der Waals surface area contributed by atoms with E-state index in [9.17, 15) is 14.7 Å². The van der Waals surface area contributed by atoms with E-state index in [2.05, 4.69) is 0 Å². The first-order valence-corrected chi connectivity index (χ1v) is 6.02. The average Bonchev–Trinajstić information content (AvgIpc) is 2.35. The molecule has 19 heavy (non-hydrogen) atoms. The van der Waals surface area contributed by atoms with Crippen LogP contribution in [-0.4, -0.2) is 27.4 Å². The number of carbonyl (C=O) groups is 1. The van der Waals surface area contributed by atoms with Gasteiger partial charge in [-0.25, -0.2) is 4.79 Å². The third kappa shape index (κ3) is 2.22. The van der Waals surface area contributed by atoms with Gasteiger partial charge in [-0.15, -0.1) is 0 Å². The fourth-order valence-corrected chi connectivity index (χ4v) is 2.33. The normalized spacial score (nSPS) is 10.9. The van der Waals surface area contributed by atoms with Gasteiger partial charge in [0.25, 0.3) is 0 Å². The van der Waals surface area contributed by atoms with Crippen molar-refractivity contribution in [3.63, 3.8) is 0 Å². The molecule has 1 aromatic carbocycles. The van der Waals surface area contributed by atoms with E-state index in [1.54, 1.807) is 12.1 Å². The van der Waals surface area contributed by atoms with Crippen LogP contribution in [0.15, 0.2) is 23.0 Å². The predicted octanol–water partition coefficient (Wildman–Crippen LogP) is 1.65. The Bertz CT molecular complexity index is 721. The van der Waals surface area contributed by atoms with E-state index < -0.39 is 5.97 Å². The van der Waals surface area contributed by atoms with Gasteiger partial charge in [0, 0.05) is 22.5 Å². The Morgan fingerprint density at radius 2 is 2.11 bits per heavy atom. The lowest BCUT2D eigenvalue weighted by molar-refractivity contribution is 0.0682. The molecule has 2 aromatic rings. The maximum absolute atomic E-state index is 12.1. The molecule has 0 atom stereocenters. The van der Waals surface area contributed by atoms with Crippen molar-refractivity contribution in [1.82, 2.24) is 4.57 Å². The van der Waals surface area contributed by atoms with Crippen molar-refractivity contribution in [2.75, 3.05) is 6.61 Å². The molecule has 0 saturated carbocycles. The van der Waals surface area contributed by atoms with E-state index in [1.807, 2.05) is 0 Å². The van der Waals surface area contributed by atoms with E-state index >= 15 is 0 Å². The molecule has 0 saturated heterocycles. The number of hydrogen-bond acceptors (Lipinski definition) is 3. The molecule has 0 unspecified atom stereocenters. The molecule has 0 amide bonds. The van der Waals surface area contributed by atoms with E-state index in [-0.39, 0.29) is 29.8 Å². The first-order chi connectivity index (χ1) is 8.97. The van der Waals surface area contributed by atoms with E-state index in [0.717, 1.165) is 0 Å². The number of rotatable bonds is 3. The summed E-state index contributed by atoms with van der Waals surface area (Å²) in [4.78, 5) is 23.5. The maximum Gasteiger partial charge on any atom is 0.352 e. The van der Waals surface area contributed by atoms with Crippen LogP contribution in [0.5, 0.6) is 0 Å². The SMILES string of the molecule is Cc1c(C(=O)O)n(CCO)c2cc(Cl)ccc2c1=O. The fourth-order valence-electron chi connectivity index (χ4n) is 2.16. The molecular weight excluding hydrogens is 270 g/mol. The molecule has 1 aromatic heterocycles. The number of aliphatic hydroxyl groups excluding tert-OH is 1. The van der Waals surface area contributed by atoms with Crippen molar-refractivity contribution in [3.05, 3.63) is 44.7 Å². The van der Waals surface area contributed by atoms with Crippen LogP contribution in [0.3, 0.4) is 0 Å². The highest BCUT2D eigenvalue weighted by molar-refractivity contribution is 6.31. The van der Waals surface area contributed by atoms with Crippen LogP contribution in [0, 0.1) is 6.92 Å². The number of benzene rings is 1. The van der Waals surface area contributed by atoms with Gasteiger partial charge >= 0.3 is 5.97 Å². The van der Waals surface area contributed by atoms with Crippen LogP contribution in [0.2, 0.25) is 5.02 Å². The number of nitrogens with zero attached hydrogens (tertiary/aromatic N) is 1. The van der Waals surface area contributed by atoms with Crippen LogP contribution >= 0.6 is 11.6 Å². The lowest BCUT2D eigenvalue weighted by Gasteiger charge is -2.15. The maximum atomic E-state index is 12.1. The highest BCUT2D eigenvalue weighted by Crippen LogP contribution is 2.20. The Hall–Kier alpha value is -1.85. The smallest absolute Gasteiger partial charge is 0.352 e. The number of hydrogen-bond donors (Lipinski definition) is 2. The molecule has 0 spiro atoms. The summed E-state index contributed by atoms with van der Waals surface area (Å²) >= 11 is 5.89. The Morgan fingerprint density at radius 3 is 2.68 bits per heavy atom. The fraction of sp³-hybridized carbons (Fsp3) is 0.231. The molecule has 1 heterocycles. The van der Waals surface area contributed by atoms with Gasteiger partial charge in [0.15, 0.2) is 5.43 Å². The van der Waals surface area contributed by atoms with Crippen LogP contribution in [0.4, 0.5) is 0 Å². The number of aromatic carboxylic acids is 1. The third-order valence-electron chi connectivity index (χ3n) is 2.99. The Morgan fingerprint density at radius 1 is 1.42 bits per heavy atom. The van der Waals surface area contributed by atoms with Gasteiger partial charge in [0.1, 0.15) is 5.69 Å². The summed E-state index contributed by atoms with van der Waals surface area (Å²) in [6.07, 6.45) is 0. The standard InChI is InChI=1S/C13H12ClNO4/c1-7-11(13(18)19)15(4-5-16)10-6-8(14)2-3-9(10)12(7)17/h2-3,6,16H,4-5H2,1H3,(H,18,19). The van der Waals surface area contributed by atoms with Gasteiger partial charge in [-0.05, 0) is 25.1 Å². The molecule has 5 nitrogen and oxygen atoms in total. The molecule has 2 rings (SSSR count). The molecule has 6 heteroatoms. The van der Waals surface area contributed by atoms with Crippen molar-refractivity contribution < 1.29 is 15.0 Å². The van der Waals surface area contributed by atoms with Crippen LogP contribution in [-0.2, 0) is 6.54 Å². The summed E-state index contributed by atoms with van der Waals surface area (Å²) in [5.74, 6) is -1.20. The number of pyridine rings is 1. The largest absolute Gasteiger partial charge is 0.477 e. The number of aromatic nitrogens is 1. The third-order valence-corrected chi connectivity index (χ3v) is 3.22. The second-order valence-electron chi connectivity index (χ2n) is 4.14. The van der Waals surface area contributed by atoms with Gasteiger partial charge in [0.05, 0.1) is 12.1 Å². The van der Waals surface area contributed by atoms with Gasteiger partial charge in [-0.3, -0.25) is 4.79 Å². The molecular formula is C13H12ClNO4.